The Bertz CT molecular complexity index is 602. The minimum absolute atomic E-state index is 0.0674. The van der Waals surface area contributed by atoms with Gasteiger partial charge in [-0.15, -0.1) is 0 Å². The molecule has 8 heteroatoms. The number of nitrogens with one attached hydrogen (secondary N) is 1. The zero-order valence-corrected chi connectivity index (χ0v) is 15.2. The van der Waals surface area contributed by atoms with Crippen LogP contribution in [0.25, 0.3) is 0 Å². The Balaban J connectivity index is 2.05. The predicted molar refractivity (Wildman–Crippen MR) is 96.4 cm³/mol. The lowest BCUT2D eigenvalue weighted by Crippen LogP contribution is -2.50. The van der Waals surface area contributed by atoms with E-state index in [1.807, 2.05) is 9.80 Å². The van der Waals surface area contributed by atoms with Crippen molar-refractivity contribution >= 4 is 28.9 Å². The number of ether oxygens (including phenoxy) is 1. The fourth-order valence-electron chi connectivity index (χ4n) is 2.95. The van der Waals surface area contributed by atoms with Gasteiger partial charge in [0.25, 0.3) is 0 Å². The van der Waals surface area contributed by atoms with Crippen LogP contribution in [-0.4, -0.2) is 60.2 Å². The molecule has 0 radical (unpaired) electrons. The molecule has 0 atom stereocenters. The van der Waals surface area contributed by atoms with Gasteiger partial charge in [-0.3, -0.25) is 4.79 Å². The molecule has 0 aliphatic carbocycles. The number of halogens is 2. The number of nitrogens with zero attached hydrogens (tertiary/aromatic N) is 2. The molecule has 0 spiro atoms. The van der Waals surface area contributed by atoms with E-state index < -0.39 is 11.6 Å². The van der Waals surface area contributed by atoms with Gasteiger partial charge in [-0.25, -0.2) is 8.78 Å². The monoisotopic (exact) mass is 371 g/mol. The third-order valence-electron chi connectivity index (χ3n) is 4.26. The number of likely N-dealkylation sites (tertiary alicyclic amines) is 1. The topological polar surface area (TPSA) is 44.8 Å². The van der Waals surface area contributed by atoms with E-state index in [-0.39, 0.29) is 17.6 Å². The van der Waals surface area contributed by atoms with Crippen LogP contribution < -0.4 is 5.32 Å². The van der Waals surface area contributed by atoms with Gasteiger partial charge in [0.15, 0.2) is 5.11 Å². The molecule has 1 aromatic rings. The summed E-state index contributed by atoms with van der Waals surface area (Å²) < 4.78 is 31.9. The van der Waals surface area contributed by atoms with Crippen LogP contribution in [0.3, 0.4) is 0 Å². The van der Waals surface area contributed by atoms with E-state index in [9.17, 15) is 13.6 Å². The van der Waals surface area contributed by atoms with Crippen LogP contribution in [-0.2, 0) is 9.53 Å². The maximum Gasteiger partial charge on any atom is 0.219 e. The van der Waals surface area contributed by atoms with Crippen molar-refractivity contribution in [2.24, 2.45) is 0 Å². The Labute approximate surface area is 151 Å². The number of piperidine rings is 1. The SMILES string of the molecule is COCCN(C(=S)Nc1cc(F)cc(F)c1)C1CCN(C(C)=O)CC1. The predicted octanol–water partition coefficient (Wildman–Crippen LogP) is 2.62. The molecule has 0 aromatic heterocycles. The fourth-order valence-corrected chi connectivity index (χ4v) is 3.31. The number of amides is 1. The highest BCUT2D eigenvalue weighted by Crippen LogP contribution is 2.19. The molecular formula is C17H23F2N3O2S. The number of hydrogen-bond donors (Lipinski definition) is 1. The maximum atomic E-state index is 13.4. The van der Waals surface area contributed by atoms with Gasteiger partial charge < -0.3 is 19.9 Å². The first kappa shape index (κ1) is 19.5. The van der Waals surface area contributed by atoms with E-state index in [0.717, 1.165) is 18.9 Å². The van der Waals surface area contributed by atoms with Crippen LogP contribution in [0, 0.1) is 11.6 Å². The van der Waals surface area contributed by atoms with Gasteiger partial charge in [-0.2, -0.15) is 0 Å². The molecule has 1 aliphatic rings. The first-order valence-electron chi connectivity index (χ1n) is 8.19. The Morgan fingerprint density at radius 1 is 1.32 bits per heavy atom. The minimum atomic E-state index is -0.663. The van der Waals surface area contributed by atoms with E-state index in [1.165, 1.54) is 12.1 Å². The molecule has 0 unspecified atom stereocenters. The van der Waals surface area contributed by atoms with Crippen molar-refractivity contribution < 1.29 is 18.3 Å². The van der Waals surface area contributed by atoms with Gasteiger partial charge in [0, 0.05) is 51.5 Å². The summed E-state index contributed by atoms with van der Waals surface area (Å²) >= 11 is 5.45. The average molecular weight is 371 g/mol. The summed E-state index contributed by atoms with van der Waals surface area (Å²) in [5.41, 5.74) is 0.270. The molecule has 1 amide bonds. The van der Waals surface area contributed by atoms with Crippen molar-refractivity contribution in [1.82, 2.24) is 9.80 Å². The zero-order valence-electron chi connectivity index (χ0n) is 14.4. The first-order chi connectivity index (χ1) is 11.9. The summed E-state index contributed by atoms with van der Waals surface area (Å²) in [4.78, 5) is 15.2. The standard InChI is InChI=1S/C17H23F2N3O2S/c1-12(23)21-5-3-16(4-6-21)22(7-8-24-2)17(25)20-15-10-13(18)9-14(19)11-15/h9-11,16H,3-8H2,1-2H3,(H,20,25). The molecule has 5 nitrogen and oxygen atoms in total. The Morgan fingerprint density at radius 2 is 1.92 bits per heavy atom. The molecule has 2 rings (SSSR count). The number of benzene rings is 1. The molecule has 138 valence electrons. The van der Waals surface area contributed by atoms with E-state index >= 15 is 0 Å². The van der Waals surface area contributed by atoms with Gasteiger partial charge in [-0.05, 0) is 37.2 Å². The fraction of sp³-hybridized carbons (Fsp3) is 0.529. The lowest BCUT2D eigenvalue weighted by atomic mass is 10.0. The highest BCUT2D eigenvalue weighted by atomic mass is 32.1. The van der Waals surface area contributed by atoms with E-state index in [4.69, 9.17) is 17.0 Å². The highest BCUT2D eigenvalue weighted by molar-refractivity contribution is 7.80. The lowest BCUT2D eigenvalue weighted by molar-refractivity contribution is -0.130. The molecule has 25 heavy (non-hydrogen) atoms. The summed E-state index contributed by atoms with van der Waals surface area (Å²) in [6.07, 6.45) is 1.56. The highest BCUT2D eigenvalue weighted by Gasteiger charge is 2.27. The maximum absolute atomic E-state index is 13.4. The number of thiocarbonyl (C=S) groups is 1. The van der Waals surface area contributed by atoms with Crippen LogP contribution >= 0.6 is 12.2 Å². The molecule has 1 aliphatic heterocycles. The zero-order chi connectivity index (χ0) is 18.4. The van der Waals surface area contributed by atoms with E-state index in [0.29, 0.717) is 31.4 Å². The molecule has 1 N–H and O–H groups in total. The van der Waals surface area contributed by atoms with Gasteiger partial charge in [-0.1, -0.05) is 0 Å². The minimum Gasteiger partial charge on any atom is -0.383 e. The number of carbonyl (C=O) groups is 1. The van der Waals surface area contributed by atoms with Crippen molar-refractivity contribution in [3.63, 3.8) is 0 Å². The smallest absolute Gasteiger partial charge is 0.219 e. The van der Waals surface area contributed by atoms with Crippen molar-refractivity contribution in [2.75, 3.05) is 38.7 Å². The quantitative estimate of drug-likeness (QED) is 0.806. The molecule has 0 saturated carbocycles. The summed E-state index contributed by atoms with van der Waals surface area (Å²) in [5, 5.41) is 3.30. The van der Waals surface area contributed by atoms with E-state index in [2.05, 4.69) is 5.32 Å². The van der Waals surface area contributed by atoms with Crippen LogP contribution in [0.1, 0.15) is 19.8 Å². The second-order valence-corrected chi connectivity index (χ2v) is 6.40. The van der Waals surface area contributed by atoms with Crippen LogP contribution in [0.5, 0.6) is 0 Å². The molecule has 0 bridgehead atoms. The third-order valence-corrected chi connectivity index (χ3v) is 4.60. The first-order valence-corrected chi connectivity index (χ1v) is 8.59. The molecule has 1 saturated heterocycles. The second kappa shape index (κ2) is 9.05. The van der Waals surface area contributed by atoms with Gasteiger partial charge in [0.2, 0.25) is 5.91 Å². The van der Waals surface area contributed by atoms with Gasteiger partial charge in [0.05, 0.1) is 6.61 Å². The average Bonchev–Trinajstić information content (AvgIpc) is 2.54. The molecule has 1 heterocycles. The van der Waals surface area contributed by atoms with Crippen LogP contribution in [0.15, 0.2) is 18.2 Å². The Morgan fingerprint density at radius 3 is 2.44 bits per heavy atom. The lowest BCUT2D eigenvalue weighted by Gasteiger charge is -2.39. The third kappa shape index (κ3) is 5.61. The normalized spacial score (nSPS) is 15.1. The van der Waals surface area contributed by atoms with E-state index in [1.54, 1.807) is 14.0 Å². The number of rotatable bonds is 5. The second-order valence-electron chi connectivity index (χ2n) is 6.01. The van der Waals surface area contributed by atoms with Crippen LogP contribution in [0.4, 0.5) is 14.5 Å². The molecule has 1 aromatic carbocycles. The Kier molecular flexibility index (Phi) is 7.07. The van der Waals surface area contributed by atoms with Gasteiger partial charge >= 0.3 is 0 Å². The number of methoxy groups -OCH3 is 1. The summed E-state index contributed by atoms with van der Waals surface area (Å²) in [7, 11) is 1.61. The Hall–Kier alpha value is -1.80. The van der Waals surface area contributed by atoms with Crippen molar-refractivity contribution in [3.05, 3.63) is 29.8 Å². The van der Waals surface area contributed by atoms with Crippen molar-refractivity contribution in [2.45, 2.75) is 25.8 Å². The summed E-state index contributed by atoms with van der Waals surface area (Å²) in [5.74, 6) is -1.26. The summed E-state index contributed by atoms with van der Waals surface area (Å²) in [6.45, 7) is 3.94. The van der Waals surface area contributed by atoms with Gasteiger partial charge in [0.1, 0.15) is 11.6 Å². The summed E-state index contributed by atoms with van der Waals surface area (Å²) in [6, 6.07) is 3.35. The number of anilines is 1. The van der Waals surface area contributed by atoms with Crippen molar-refractivity contribution in [3.8, 4) is 0 Å². The van der Waals surface area contributed by atoms with Crippen LogP contribution in [0.2, 0.25) is 0 Å². The number of carbonyl (C=O) groups excluding carboxylic acids is 1. The molecule has 1 fully saturated rings. The molecular weight excluding hydrogens is 348 g/mol. The van der Waals surface area contributed by atoms with Crippen molar-refractivity contribution in [1.29, 1.82) is 0 Å². The largest absolute Gasteiger partial charge is 0.383 e. The number of hydrogen-bond acceptors (Lipinski definition) is 3.